The molecule has 6 heteroatoms. The maximum Gasteiger partial charge on any atom is 0.251 e. The lowest BCUT2D eigenvalue weighted by Crippen LogP contribution is -2.19. The molecule has 0 bridgehead atoms. The third-order valence-corrected chi connectivity index (χ3v) is 6.09. The number of benzene rings is 1. The third-order valence-electron chi connectivity index (χ3n) is 5.01. The smallest absolute Gasteiger partial charge is 0.251 e. The minimum atomic E-state index is -0.520. The van der Waals surface area contributed by atoms with Crippen molar-refractivity contribution in [2.75, 3.05) is 0 Å². The second-order valence-electron chi connectivity index (χ2n) is 6.79. The number of aromatic amines is 1. The number of fused-ring (bicyclic) bond motifs is 1. The predicted molar refractivity (Wildman–Crippen MR) is 110 cm³/mol. The first kappa shape index (κ1) is 19.2. The van der Waals surface area contributed by atoms with E-state index in [9.17, 15) is 9.59 Å². The van der Waals surface area contributed by atoms with Crippen molar-refractivity contribution in [3.05, 3.63) is 57.9 Å². The van der Waals surface area contributed by atoms with Crippen LogP contribution in [0.1, 0.15) is 50.2 Å². The lowest BCUT2D eigenvalue weighted by molar-refractivity contribution is 0.0984. The van der Waals surface area contributed by atoms with Gasteiger partial charge in [-0.2, -0.15) is 0 Å². The zero-order valence-electron chi connectivity index (χ0n) is 16.1. The van der Waals surface area contributed by atoms with Crippen molar-refractivity contribution in [3.63, 3.8) is 0 Å². The standard InChI is InChI=1S/C21H23N3O2S/c1-10-11(2)17(20(22)26)21(24-12(10)3)27-14(5)19(25)18-13(4)23-16-9-7-6-8-15(16)18/h6-9,14,23H,1-5H3,(H2,22,26). The van der Waals surface area contributed by atoms with Crippen molar-refractivity contribution >= 4 is 34.4 Å². The topological polar surface area (TPSA) is 88.8 Å². The minimum absolute atomic E-state index is 0.00283. The highest BCUT2D eigenvalue weighted by Gasteiger charge is 2.25. The molecule has 0 aliphatic heterocycles. The molecular formula is C21H23N3O2S. The van der Waals surface area contributed by atoms with Gasteiger partial charge in [0.1, 0.15) is 5.03 Å². The molecule has 0 spiro atoms. The number of nitrogens with two attached hydrogens (primary N) is 1. The number of hydrogen-bond acceptors (Lipinski definition) is 4. The molecule has 0 saturated carbocycles. The van der Waals surface area contributed by atoms with Crippen LogP contribution in [0.5, 0.6) is 0 Å². The fourth-order valence-electron chi connectivity index (χ4n) is 3.31. The van der Waals surface area contributed by atoms with Crippen LogP contribution in [0.25, 0.3) is 10.9 Å². The molecule has 1 unspecified atom stereocenters. The number of nitrogens with zero attached hydrogens (tertiary/aromatic N) is 1. The van der Waals surface area contributed by atoms with Gasteiger partial charge in [0.25, 0.3) is 5.91 Å². The Morgan fingerprint density at radius 3 is 2.41 bits per heavy atom. The van der Waals surface area contributed by atoms with Crippen LogP contribution in [0.4, 0.5) is 0 Å². The molecule has 0 aliphatic rings. The second kappa shape index (κ2) is 7.19. The Balaban J connectivity index is 2.00. The Kier molecular flexibility index (Phi) is 5.11. The molecule has 1 atom stereocenters. The van der Waals surface area contributed by atoms with Gasteiger partial charge >= 0.3 is 0 Å². The molecule has 27 heavy (non-hydrogen) atoms. The van der Waals surface area contributed by atoms with Crippen LogP contribution in [0.3, 0.4) is 0 Å². The van der Waals surface area contributed by atoms with E-state index in [2.05, 4.69) is 9.97 Å². The molecule has 3 rings (SSSR count). The molecule has 2 aromatic heterocycles. The van der Waals surface area contributed by atoms with Crippen LogP contribution in [0.2, 0.25) is 0 Å². The minimum Gasteiger partial charge on any atom is -0.366 e. The van der Waals surface area contributed by atoms with Gasteiger partial charge in [0, 0.05) is 27.9 Å². The summed E-state index contributed by atoms with van der Waals surface area (Å²) < 4.78 is 0. The molecule has 1 amide bonds. The molecule has 0 saturated heterocycles. The monoisotopic (exact) mass is 381 g/mol. The molecule has 140 valence electrons. The zero-order chi connectivity index (χ0) is 19.9. The number of aryl methyl sites for hydroxylation is 2. The fraction of sp³-hybridized carbons (Fsp3) is 0.286. The number of para-hydroxylation sites is 1. The summed E-state index contributed by atoms with van der Waals surface area (Å²) in [4.78, 5) is 33.0. The van der Waals surface area contributed by atoms with E-state index in [0.717, 1.165) is 33.4 Å². The summed E-state index contributed by atoms with van der Waals surface area (Å²) in [7, 11) is 0. The number of carbonyl (C=O) groups is 2. The highest BCUT2D eigenvalue weighted by atomic mass is 32.2. The summed E-state index contributed by atoms with van der Waals surface area (Å²) in [6.45, 7) is 9.42. The molecule has 0 aliphatic carbocycles. The Morgan fingerprint density at radius 2 is 1.74 bits per heavy atom. The summed E-state index contributed by atoms with van der Waals surface area (Å²) in [5.74, 6) is -0.517. The summed E-state index contributed by atoms with van der Waals surface area (Å²) >= 11 is 1.28. The number of aromatic nitrogens is 2. The first-order valence-corrected chi connectivity index (χ1v) is 9.66. The zero-order valence-corrected chi connectivity index (χ0v) is 17.0. The Bertz CT molecular complexity index is 1070. The lowest BCUT2D eigenvalue weighted by Gasteiger charge is -2.16. The average Bonchev–Trinajstić information content (AvgIpc) is 2.94. The van der Waals surface area contributed by atoms with E-state index < -0.39 is 11.2 Å². The molecule has 3 N–H and O–H groups in total. The first-order valence-electron chi connectivity index (χ1n) is 8.78. The van der Waals surface area contributed by atoms with Crippen molar-refractivity contribution < 1.29 is 9.59 Å². The summed E-state index contributed by atoms with van der Waals surface area (Å²) in [6, 6.07) is 7.75. The van der Waals surface area contributed by atoms with Crippen molar-refractivity contribution in [2.45, 2.75) is 44.9 Å². The molecule has 1 aromatic carbocycles. The summed E-state index contributed by atoms with van der Waals surface area (Å²) in [5.41, 5.74) is 11.1. The van der Waals surface area contributed by atoms with E-state index in [1.807, 2.05) is 58.9 Å². The van der Waals surface area contributed by atoms with Crippen molar-refractivity contribution in [1.82, 2.24) is 9.97 Å². The predicted octanol–water partition coefficient (Wildman–Crippen LogP) is 4.26. The molecule has 0 radical (unpaired) electrons. The number of Topliss-reactive ketones (excluding diaryl/α,β-unsaturated/α-hetero) is 1. The number of thioether (sulfide) groups is 1. The van der Waals surface area contributed by atoms with Gasteiger partial charge in [-0.15, -0.1) is 0 Å². The Morgan fingerprint density at radius 1 is 1.07 bits per heavy atom. The van der Waals surface area contributed by atoms with Gasteiger partial charge in [-0.05, 0) is 51.8 Å². The SMILES string of the molecule is Cc1nc(SC(C)C(=O)c2c(C)[nH]c3ccccc23)c(C(N)=O)c(C)c1C. The number of pyridine rings is 1. The summed E-state index contributed by atoms with van der Waals surface area (Å²) in [6.07, 6.45) is 0. The number of rotatable bonds is 5. The number of carbonyl (C=O) groups excluding carboxylic acids is 2. The number of amides is 1. The van der Waals surface area contributed by atoms with Crippen molar-refractivity contribution in [2.24, 2.45) is 5.73 Å². The van der Waals surface area contributed by atoms with Gasteiger partial charge in [0.2, 0.25) is 0 Å². The van der Waals surface area contributed by atoms with E-state index in [-0.39, 0.29) is 5.78 Å². The van der Waals surface area contributed by atoms with Crippen molar-refractivity contribution in [3.8, 4) is 0 Å². The maximum atomic E-state index is 13.2. The Labute approximate surface area is 162 Å². The van der Waals surface area contributed by atoms with Gasteiger partial charge in [-0.25, -0.2) is 4.98 Å². The largest absolute Gasteiger partial charge is 0.366 e. The van der Waals surface area contributed by atoms with Gasteiger partial charge in [0.15, 0.2) is 5.78 Å². The van der Waals surface area contributed by atoms with Gasteiger partial charge in [-0.3, -0.25) is 9.59 Å². The van der Waals surface area contributed by atoms with Crippen LogP contribution in [0.15, 0.2) is 29.3 Å². The molecule has 5 nitrogen and oxygen atoms in total. The molecular weight excluding hydrogens is 358 g/mol. The number of H-pyrrole nitrogens is 1. The van der Waals surface area contributed by atoms with Gasteiger partial charge < -0.3 is 10.7 Å². The van der Waals surface area contributed by atoms with E-state index in [4.69, 9.17) is 5.73 Å². The van der Waals surface area contributed by atoms with Crippen LogP contribution >= 0.6 is 11.8 Å². The van der Waals surface area contributed by atoms with Crippen LogP contribution < -0.4 is 5.73 Å². The number of primary amides is 1. The Hall–Kier alpha value is -2.60. The number of nitrogens with one attached hydrogen (secondary N) is 1. The second-order valence-corrected chi connectivity index (χ2v) is 8.12. The average molecular weight is 382 g/mol. The molecule has 0 fully saturated rings. The van der Waals surface area contributed by atoms with Gasteiger partial charge in [0.05, 0.1) is 10.8 Å². The molecule has 2 heterocycles. The van der Waals surface area contributed by atoms with E-state index in [1.54, 1.807) is 0 Å². The van der Waals surface area contributed by atoms with Crippen LogP contribution in [0, 0.1) is 27.7 Å². The third kappa shape index (κ3) is 3.37. The highest BCUT2D eigenvalue weighted by Crippen LogP contribution is 2.33. The van der Waals surface area contributed by atoms with Crippen LogP contribution in [-0.2, 0) is 0 Å². The van der Waals surface area contributed by atoms with Crippen LogP contribution in [-0.4, -0.2) is 26.9 Å². The first-order chi connectivity index (χ1) is 12.7. The number of ketones is 1. The van der Waals surface area contributed by atoms with Crippen molar-refractivity contribution in [1.29, 1.82) is 0 Å². The van der Waals surface area contributed by atoms with E-state index >= 15 is 0 Å². The quantitative estimate of drug-likeness (QED) is 0.510. The maximum absolute atomic E-state index is 13.2. The number of hydrogen-bond donors (Lipinski definition) is 2. The normalized spacial score (nSPS) is 12.3. The highest BCUT2D eigenvalue weighted by molar-refractivity contribution is 8.00. The van der Waals surface area contributed by atoms with E-state index in [1.165, 1.54) is 11.8 Å². The molecule has 3 aromatic rings. The van der Waals surface area contributed by atoms with Gasteiger partial charge in [-0.1, -0.05) is 30.0 Å². The summed E-state index contributed by atoms with van der Waals surface area (Å²) in [5, 5.41) is 1.02. The lowest BCUT2D eigenvalue weighted by atomic mass is 10.0. The fourth-order valence-corrected chi connectivity index (χ4v) is 4.43. The van der Waals surface area contributed by atoms with E-state index in [0.29, 0.717) is 16.2 Å².